The molecular weight excluding hydrogens is 226 g/mol. The number of nitrogens with two attached hydrogens (primary N) is 1. The van der Waals surface area contributed by atoms with E-state index in [1.807, 2.05) is 0 Å². The number of carbonyl (C=O) groups is 3. The second-order valence-corrected chi connectivity index (χ2v) is 4.16. The first-order valence-corrected chi connectivity index (χ1v) is 5.41. The molecule has 2 atom stereocenters. The van der Waals surface area contributed by atoms with Crippen LogP contribution in [-0.2, 0) is 9.59 Å². The van der Waals surface area contributed by atoms with E-state index in [0.717, 1.165) is 4.90 Å². The van der Waals surface area contributed by atoms with Crippen molar-refractivity contribution < 1.29 is 19.5 Å². The molecule has 1 aliphatic heterocycles. The number of hydrogen-bond acceptors (Lipinski definition) is 3. The number of carbonyl (C=O) groups excluding carboxylic acids is 2. The molecule has 2 unspecified atom stereocenters. The first-order valence-electron chi connectivity index (χ1n) is 5.41. The van der Waals surface area contributed by atoms with Crippen molar-refractivity contribution in [3.8, 4) is 0 Å². The zero-order chi connectivity index (χ0) is 13.2. The van der Waals surface area contributed by atoms with Gasteiger partial charge in [0.1, 0.15) is 12.1 Å². The van der Waals surface area contributed by atoms with E-state index in [4.69, 9.17) is 10.8 Å². The third kappa shape index (κ3) is 2.66. The SMILES string of the molecule is CC(C(=O)O)N(C)C(=O)N1CCCC1C(N)=O. The maximum absolute atomic E-state index is 12.0. The molecule has 17 heavy (non-hydrogen) atoms. The molecule has 0 spiro atoms. The molecule has 0 saturated carbocycles. The number of urea groups is 1. The molecule has 3 amide bonds. The van der Waals surface area contributed by atoms with Gasteiger partial charge < -0.3 is 20.6 Å². The van der Waals surface area contributed by atoms with Crippen molar-refractivity contribution in [3.05, 3.63) is 0 Å². The molecule has 1 saturated heterocycles. The van der Waals surface area contributed by atoms with Crippen LogP contribution in [0.1, 0.15) is 19.8 Å². The highest BCUT2D eigenvalue weighted by molar-refractivity contribution is 5.88. The molecule has 0 aromatic rings. The van der Waals surface area contributed by atoms with E-state index in [-0.39, 0.29) is 0 Å². The molecule has 3 N–H and O–H groups in total. The van der Waals surface area contributed by atoms with Crippen LogP contribution in [0.2, 0.25) is 0 Å². The number of carboxylic acid groups (broad SMARTS) is 1. The van der Waals surface area contributed by atoms with Crippen LogP contribution in [0.3, 0.4) is 0 Å². The Hall–Kier alpha value is -1.79. The molecule has 7 heteroatoms. The lowest BCUT2D eigenvalue weighted by molar-refractivity contribution is -0.141. The van der Waals surface area contributed by atoms with Crippen LogP contribution >= 0.6 is 0 Å². The minimum Gasteiger partial charge on any atom is -0.480 e. The highest BCUT2D eigenvalue weighted by Crippen LogP contribution is 2.19. The Labute approximate surface area is 99.2 Å². The Kier molecular flexibility index (Phi) is 3.93. The maximum atomic E-state index is 12.0. The summed E-state index contributed by atoms with van der Waals surface area (Å²) in [7, 11) is 1.40. The molecule has 0 radical (unpaired) electrons. The number of aliphatic carboxylic acids is 1. The third-order valence-corrected chi connectivity index (χ3v) is 3.07. The van der Waals surface area contributed by atoms with Gasteiger partial charge in [0.15, 0.2) is 0 Å². The van der Waals surface area contributed by atoms with E-state index in [0.29, 0.717) is 19.4 Å². The van der Waals surface area contributed by atoms with Gasteiger partial charge in [0.25, 0.3) is 0 Å². The number of likely N-dealkylation sites (tertiary alicyclic amines) is 1. The minimum absolute atomic E-state index is 0.434. The van der Waals surface area contributed by atoms with Crippen molar-refractivity contribution in [2.24, 2.45) is 5.73 Å². The fraction of sp³-hybridized carbons (Fsp3) is 0.700. The van der Waals surface area contributed by atoms with Gasteiger partial charge in [-0.2, -0.15) is 0 Å². The summed E-state index contributed by atoms with van der Waals surface area (Å²) < 4.78 is 0. The lowest BCUT2D eigenvalue weighted by atomic mass is 10.2. The van der Waals surface area contributed by atoms with Gasteiger partial charge in [-0.3, -0.25) is 4.79 Å². The van der Waals surface area contributed by atoms with Crippen molar-refractivity contribution in [1.82, 2.24) is 9.80 Å². The largest absolute Gasteiger partial charge is 0.480 e. The summed E-state index contributed by atoms with van der Waals surface area (Å²) in [6.07, 6.45) is 1.24. The Balaban J connectivity index is 2.75. The Morgan fingerprint density at radius 3 is 2.53 bits per heavy atom. The Bertz CT molecular complexity index is 344. The fourth-order valence-electron chi connectivity index (χ4n) is 1.83. The van der Waals surface area contributed by atoms with Gasteiger partial charge in [0.05, 0.1) is 0 Å². The van der Waals surface area contributed by atoms with Crippen LogP contribution < -0.4 is 5.73 Å². The van der Waals surface area contributed by atoms with Gasteiger partial charge in [0.2, 0.25) is 5.91 Å². The number of rotatable bonds is 3. The van der Waals surface area contributed by atoms with Crippen LogP contribution in [0.5, 0.6) is 0 Å². The highest BCUT2D eigenvalue weighted by atomic mass is 16.4. The average Bonchev–Trinajstić information content (AvgIpc) is 2.74. The summed E-state index contributed by atoms with van der Waals surface area (Å²) >= 11 is 0. The summed E-state index contributed by atoms with van der Waals surface area (Å²) in [6.45, 7) is 1.85. The zero-order valence-corrected chi connectivity index (χ0v) is 9.92. The number of amides is 3. The van der Waals surface area contributed by atoms with E-state index in [1.54, 1.807) is 0 Å². The van der Waals surface area contributed by atoms with E-state index in [2.05, 4.69) is 0 Å². The predicted octanol–water partition coefficient (Wildman–Crippen LogP) is -0.539. The number of primary amides is 1. The quantitative estimate of drug-likeness (QED) is 0.694. The Morgan fingerprint density at radius 2 is 2.06 bits per heavy atom. The first-order chi connectivity index (χ1) is 7.86. The third-order valence-electron chi connectivity index (χ3n) is 3.07. The van der Waals surface area contributed by atoms with Gasteiger partial charge in [-0.25, -0.2) is 9.59 Å². The molecular formula is C10H17N3O4. The second kappa shape index (κ2) is 5.03. The van der Waals surface area contributed by atoms with Gasteiger partial charge >= 0.3 is 12.0 Å². The van der Waals surface area contributed by atoms with Crippen molar-refractivity contribution in [3.63, 3.8) is 0 Å². The highest BCUT2D eigenvalue weighted by Gasteiger charge is 2.36. The number of nitrogens with zero attached hydrogens (tertiary/aromatic N) is 2. The lowest BCUT2D eigenvalue weighted by Crippen LogP contribution is -2.52. The molecule has 0 aromatic heterocycles. The van der Waals surface area contributed by atoms with E-state index in [1.165, 1.54) is 18.9 Å². The van der Waals surface area contributed by atoms with Crippen molar-refractivity contribution >= 4 is 17.9 Å². The summed E-state index contributed by atoms with van der Waals surface area (Å²) in [5.41, 5.74) is 5.19. The smallest absolute Gasteiger partial charge is 0.326 e. The monoisotopic (exact) mass is 243 g/mol. The van der Waals surface area contributed by atoms with Crippen molar-refractivity contribution in [2.75, 3.05) is 13.6 Å². The maximum Gasteiger partial charge on any atom is 0.326 e. The topological polar surface area (TPSA) is 104 Å². The molecule has 7 nitrogen and oxygen atoms in total. The molecule has 1 aliphatic rings. The predicted molar refractivity (Wildman–Crippen MR) is 59.2 cm³/mol. The van der Waals surface area contributed by atoms with Crippen LogP contribution in [0.4, 0.5) is 4.79 Å². The number of hydrogen-bond donors (Lipinski definition) is 2. The van der Waals surface area contributed by atoms with Crippen LogP contribution in [-0.4, -0.2) is 58.5 Å². The summed E-state index contributed by atoms with van der Waals surface area (Å²) in [5, 5.41) is 8.82. The van der Waals surface area contributed by atoms with Gasteiger partial charge in [-0.15, -0.1) is 0 Å². The molecule has 96 valence electrons. The lowest BCUT2D eigenvalue weighted by Gasteiger charge is -2.30. The number of likely N-dealkylation sites (N-methyl/N-ethyl adjacent to an activating group) is 1. The molecule has 0 aromatic carbocycles. The fourth-order valence-corrected chi connectivity index (χ4v) is 1.83. The molecule has 0 bridgehead atoms. The molecule has 1 heterocycles. The molecule has 1 fully saturated rings. The van der Waals surface area contributed by atoms with Crippen LogP contribution in [0, 0.1) is 0 Å². The van der Waals surface area contributed by atoms with Crippen molar-refractivity contribution in [1.29, 1.82) is 0 Å². The van der Waals surface area contributed by atoms with Crippen molar-refractivity contribution in [2.45, 2.75) is 31.8 Å². The van der Waals surface area contributed by atoms with Gasteiger partial charge in [0, 0.05) is 13.6 Å². The Morgan fingerprint density at radius 1 is 1.47 bits per heavy atom. The minimum atomic E-state index is -1.09. The standard InChI is InChI=1S/C10H17N3O4/c1-6(9(15)16)12(2)10(17)13-5-3-4-7(13)8(11)14/h6-7H,3-5H2,1-2H3,(H2,11,14)(H,15,16). The second-order valence-electron chi connectivity index (χ2n) is 4.16. The summed E-state index contributed by atoms with van der Waals surface area (Å²) in [6, 6.07) is -2.02. The van der Waals surface area contributed by atoms with Crippen LogP contribution in [0.25, 0.3) is 0 Å². The van der Waals surface area contributed by atoms with E-state index < -0.39 is 30.0 Å². The zero-order valence-electron chi connectivity index (χ0n) is 9.92. The average molecular weight is 243 g/mol. The van der Waals surface area contributed by atoms with E-state index >= 15 is 0 Å². The van der Waals surface area contributed by atoms with E-state index in [9.17, 15) is 14.4 Å². The van der Waals surface area contributed by atoms with Gasteiger partial charge in [-0.05, 0) is 19.8 Å². The first kappa shape index (κ1) is 13.3. The summed E-state index contributed by atoms with van der Waals surface area (Å²) in [5.74, 6) is -1.64. The normalized spacial score (nSPS) is 21.1. The molecule has 0 aliphatic carbocycles. The molecule has 1 rings (SSSR count). The summed E-state index contributed by atoms with van der Waals surface area (Å²) in [4.78, 5) is 36.3. The number of carboxylic acids is 1. The van der Waals surface area contributed by atoms with Crippen LogP contribution in [0.15, 0.2) is 0 Å². The van der Waals surface area contributed by atoms with Gasteiger partial charge in [-0.1, -0.05) is 0 Å².